The number of likely N-dealkylation sites (tertiary alicyclic amines) is 1. The standard InChI is InChI=1S/C20H26N4O2/c1-15-4-3-5-17(22-15)12-24-10-7-18-20(13-24,8-11-25-18)14-26-19-21-9-6-16(2)23-19/h3-6,9,18H,7-8,10-14H2,1-2H3/t18-,20+/m1/s1. The fraction of sp³-hybridized carbons (Fsp3) is 0.550. The second-order valence-electron chi connectivity index (χ2n) is 7.51. The Morgan fingerprint density at radius 2 is 2.12 bits per heavy atom. The Hall–Kier alpha value is -2.05. The van der Waals surface area contributed by atoms with Crippen LogP contribution in [0.15, 0.2) is 30.5 Å². The summed E-state index contributed by atoms with van der Waals surface area (Å²) in [6, 6.07) is 8.56. The van der Waals surface area contributed by atoms with Gasteiger partial charge in [-0.2, -0.15) is 0 Å². The first-order chi connectivity index (χ1) is 12.6. The van der Waals surface area contributed by atoms with Gasteiger partial charge in [0.25, 0.3) is 0 Å². The van der Waals surface area contributed by atoms with Crippen molar-refractivity contribution in [2.75, 3.05) is 26.3 Å². The van der Waals surface area contributed by atoms with Crippen LogP contribution < -0.4 is 4.74 Å². The zero-order valence-corrected chi connectivity index (χ0v) is 15.5. The van der Waals surface area contributed by atoms with Crippen LogP contribution in [0.1, 0.15) is 29.9 Å². The molecule has 0 saturated carbocycles. The minimum absolute atomic E-state index is 0.00911. The highest BCUT2D eigenvalue weighted by molar-refractivity contribution is 5.11. The third-order valence-corrected chi connectivity index (χ3v) is 5.44. The number of hydrogen-bond acceptors (Lipinski definition) is 6. The molecule has 0 bridgehead atoms. The van der Waals surface area contributed by atoms with Crippen molar-refractivity contribution in [2.45, 2.75) is 39.3 Å². The van der Waals surface area contributed by atoms with Gasteiger partial charge < -0.3 is 9.47 Å². The fourth-order valence-electron chi connectivity index (χ4n) is 4.10. The summed E-state index contributed by atoms with van der Waals surface area (Å²) >= 11 is 0. The van der Waals surface area contributed by atoms with Crippen molar-refractivity contribution >= 4 is 0 Å². The number of rotatable bonds is 5. The third kappa shape index (κ3) is 3.71. The predicted molar refractivity (Wildman–Crippen MR) is 97.9 cm³/mol. The molecule has 0 aliphatic carbocycles. The van der Waals surface area contributed by atoms with Gasteiger partial charge in [0.1, 0.15) is 6.61 Å². The van der Waals surface area contributed by atoms with E-state index in [2.05, 4.69) is 32.0 Å². The van der Waals surface area contributed by atoms with Gasteiger partial charge in [-0.1, -0.05) is 6.07 Å². The molecule has 6 nitrogen and oxygen atoms in total. The van der Waals surface area contributed by atoms with Crippen LogP contribution in [0, 0.1) is 19.3 Å². The van der Waals surface area contributed by atoms with E-state index in [1.165, 1.54) is 0 Å². The number of aryl methyl sites for hydroxylation is 2. The fourth-order valence-corrected chi connectivity index (χ4v) is 4.10. The van der Waals surface area contributed by atoms with E-state index in [0.717, 1.165) is 56.2 Å². The molecule has 2 aromatic rings. The predicted octanol–water partition coefficient (Wildman–Crippen LogP) is 2.55. The Labute approximate surface area is 154 Å². The summed E-state index contributed by atoms with van der Waals surface area (Å²) in [4.78, 5) is 15.7. The van der Waals surface area contributed by atoms with Crippen molar-refractivity contribution in [1.29, 1.82) is 0 Å². The third-order valence-electron chi connectivity index (χ3n) is 5.44. The van der Waals surface area contributed by atoms with Gasteiger partial charge in [0.2, 0.25) is 0 Å². The highest BCUT2D eigenvalue weighted by atomic mass is 16.5. The Kier molecular flexibility index (Phi) is 4.87. The van der Waals surface area contributed by atoms with Gasteiger partial charge in [-0.25, -0.2) is 9.97 Å². The molecule has 4 rings (SSSR count). The van der Waals surface area contributed by atoms with E-state index in [9.17, 15) is 0 Å². The summed E-state index contributed by atoms with van der Waals surface area (Å²) in [5.41, 5.74) is 3.12. The second-order valence-corrected chi connectivity index (χ2v) is 7.51. The molecule has 26 heavy (non-hydrogen) atoms. The summed E-state index contributed by atoms with van der Waals surface area (Å²) in [5, 5.41) is 0. The average Bonchev–Trinajstić information content (AvgIpc) is 3.04. The molecular formula is C20H26N4O2. The maximum absolute atomic E-state index is 6.03. The molecule has 2 saturated heterocycles. The highest BCUT2D eigenvalue weighted by Gasteiger charge is 2.48. The second kappa shape index (κ2) is 7.29. The summed E-state index contributed by atoms with van der Waals surface area (Å²) in [6.07, 6.45) is 4.05. The first kappa shape index (κ1) is 17.4. The quantitative estimate of drug-likeness (QED) is 0.822. The summed E-state index contributed by atoms with van der Waals surface area (Å²) in [5.74, 6) is 0. The van der Waals surface area contributed by atoms with E-state index >= 15 is 0 Å². The van der Waals surface area contributed by atoms with Crippen LogP contribution in [-0.4, -0.2) is 52.3 Å². The zero-order valence-electron chi connectivity index (χ0n) is 15.5. The van der Waals surface area contributed by atoms with Crippen LogP contribution in [0.25, 0.3) is 0 Å². The van der Waals surface area contributed by atoms with E-state index in [-0.39, 0.29) is 11.5 Å². The van der Waals surface area contributed by atoms with Crippen molar-refractivity contribution < 1.29 is 9.47 Å². The van der Waals surface area contributed by atoms with Gasteiger partial charge in [0, 0.05) is 49.2 Å². The zero-order chi connectivity index (χ0) is 18.0. The lowest BCUT2D eigenvalue weighted by Gasteiger charge is -2.43. The van der Waals surface area contributed by atoms with E-state index in [1.807, 2.05) is 26.0 Å². The molecule has 2 aliphatic rings. The molecule has 2 aromatic heterocycles. The molecule has 0 unspecified atom stereocenters. The highest BCUT2D eigenvalue weighted by Crippen LogP contribution is 2.41. The molecule has 0 N–H and O–H groups in total. The summed E-state index contributed by atoms with van der Waals surface area (Å²) < 4.78 is 12.0. The van der Waals surface area contributed by atoms with Crippen LogP contribution in [0.2, 0.25) is 0 Å². The molecule has 0 aromatic carbocycles. The monoisotopic (exact) mass is 354 g/mol. The van der Waals surface area contributed by atoms with Crippen molar-refractivity contribution in [3.8, 4) is 6.01 Å². The van der Waals surface area contributed by atoms with Gasteiger partial charge in [-0.15, -0.1) is 0 Å². The topological polar surface area (TPSA) is 60.4 Å². The SMILES string of the molecule is Cc1cccc(CN2CC[C@H]3OCC[C@@]3(COc3nccc(C)n3)C2)n1. The molecule has 138 valence electrons. The summed E-state index contributed by atoms with van der Waals surface area (Å²) in [6.45, 7) is 8.25. The number of hydrogen-bond donors (Lipinski definition) is 0. The van der Waals surface area contributed by atoms with Crippen LogP contribution in [0.5, 0.6) is 6.01 Å². The minimum Gasteiger partial charge on any atom is -0.463 e. The number of pyridine rings is 1. The molecule has 6 heteroatoms. The first-order valence-electron chi connectivity index (χ1n) is 9.32. The molecule has 0 amide bonds. The van der Waals surface area contributed by atoms with Crippen molar-refractivity contribution in [1.82, 2.24) is 19.9 Å². The van der Waals surface area contributed by atoms with Gasteiger partial charge >= 0.3 is 6.01 Å². The molecule has 0 radical (unpaired) electrons. The van der Waals surface area contributed by atoms with Crippen LogP contribution in [0.3, 0.4) is 0 Å². The van der Waals surface area contributed by atoms with Crippen molar-refractivity contribution in [3.05, 3.63) is 47.5 Å². The van der Waals surface area contributed by atoms with Crippen molar-refractivity contribution in [3.63, 3.8) is 0 Å². The maximum Gasteiger partial charge on any atom is 0.316 e. The van der Waals surface area contributed by atoms with E-state index in [4.69, 9.17) is 9.47 Å². The van der Waals surface area contributed by atoms with E-state index < -0.39 is 0 Å². The molecule has 2 aliphatic heterocycles. The maximum atomic E-state index is 6.03. The Balaban J connectivity index is 1.45. The van der Waals surface area contributed by atoms with E-state index in [1.54, 1.807) is 6.20 Å². The lowest BCUT2D eigenvalue weighted by Crippen LogP contribution is -2.52. The number of fused-ring (bicyclic) bond motifs is 1. The number of piperidine rings is 1. The Morgan fingerprint density at radius 3 is 2.96 bits per heavy atom. The van der Waals surface area contributed by atoms with Gasteiger partial charge in [-0.05, 0) is 44.9 Å². The van der Waals surface area contributed by atoms with E-state index in [0.29, 0.717) is 12.6 Å². The van der Waals surface area contributed by atoms with Gasteiger partial charge in [0.15, 0.2) is 0 Å². The minimum atomic E-state index is 0.00911. The Bertz CT molecular complexity index is 769. The molecular weight excluding hydrogens is 328 g/mol. The van der Waals surface area contributed by atoms with Gasteiger partial charge in [-0.3, -0.25) is 9.88 Å². The number of aromatic nitrogens is 3. The number of ether oxygens (including phenoxy) is 2. The lowest BCUT2D eigenvalue weighted by atomic mass is 9.77. The number of nitrogens with zero attached hydrogens (tertiary/aromatic N) is 4. The Morgan fingerprint density at radius 1 is 1.23 bits per heavy atom. The molecule has 2 atom stereocenters. The van der Waals surface area contributed by atoms with Crippen LogP contribution in [0.4, 0.5) is 0 Å². The van der Waals surface area contributed by atoms with Crippen LogP contribution in [-0.2, 0) is 11.3 Å². The lowest BCUT2D eigenvalue weighted by molar-refractivity contribution is -0.0430. The van der Waals surface area contributed by atoms with Crippen LogP contribution >= 0.6 is 0 Å². The first-order valence-corrected chi connectivity index (χ1v) is 9.32. The average molecular weight is 354 g/mol. The molecule has 0 spiro atoms. The van der Waals surface area contributed by atoms with Crippen molar-refractivity contribution in [2.24, 2.45) is 5.41 Å². The molecule has 4 heterocycles. The van der Waals surface area contributed by atoms with Gasteiger partial charge in [0.05, 0.1) is 11.8 Å². The normalized spacial score (nSPS) is 25.8. The smallest absolute Gasteiger partial charge is 0.316 e. The summed E-state index contributed by atoms with van der Waals surface area (Å²) in [7, 11) is 0. The molecule has 2 fully saturated rings. The largest absolute Gasteiger partial charge is 0.463 e.